The van der Waals surface area contributed by atoms with Gasteiger partial charge in [-0.2, -0.15) is 0 Å². The molecule has 18 heavy (non-hydrogen) atoms. The molecule has 0 spiro atoms. The number of rotatable bonds is 2. The zero-order valence-corrected chi connectivity index (χ0v) is 12.2. The summed E-state index contributed by atoms with van der Waals surface area (Å²) in [6, 6.07) is 2.08. The van der Waals surface area contributed by atoms with Crippen molar-refractivity contribution in [3.8, 4) is 0 Å². The van der Waals surface area contributed by atoms with Gasteiger partial charge < -0.3 is 4.57 Å². The Balaban J connectivity index is 2.10. The molecule has 0 N–H and O–H groups in total. The smallest absolute Gasteiger partial charge is 0.177 e. The largest absolute Gasteiger partial charge is 0.321 e. The van der Waals surface area contributed by atoms with Crippen LogP contribution in [0, 0.1) is 10.5 Å². The molecule has 0 unspecified atom stereocenters. The second kappa shape index (κ2) is 4.30. The van der Waals surface area contributed by atoms with E-state index in [0.29, 0.717) is 6.54 Å². The lowest BCUT2D eigenvalue weighted by atomic mass is 10.4. The lowest BCUT2D eigenvalue weighted by molar-refractivity contribution is 0.709. The fraction of sp³-hybridized carbons (Fsp3) is 0.273. The van der Waals surface area contributed by atoms with Crippen molar-refractivity contribution in [3.63, 3.8) is 0 Å². The average Bonchev–Trinajstić information content (AvgIpc) is 2.86. The van der Waals surface area contributed by atoms with Gasteiger partial charge in [0, 0.05) is 23.0 Å². The topological polar surface area (TPSA) is 61.4 Å². The Kier molecular flexibility index (Phi) is 2.77. The van der Waals surface area contributed by atoms with Gasteiger partial charge in [0.25, 0.3) is 0 Å². The summed E-state index contributed by atoms with van der Waals surface area (Å²) in [4.78, 5) is 8.78. The molecule has 0 radical (unpaired) electrons. The van der Waals surface area contributed by atoms with Crippen LogP contribution < -0.4 is 0 Å². The lowest BCUT2D eigenvalue weighted by Crippen LogP contribution is -2.02. The van der Waals surface area contributed by atoms with E-state index in [9.17, 15) is 0 Å². The summed E-state index contributed by atoms with van der Waals surface area (Å²) in [5.74, 6) is 0.935. The molecule has 3 aromatic heterocycles. The van der Waals surface area contributed by atoms with Crippen LogP contribution in [-0.4, -0.2) is 29.5 Å². The highest BCUT2D eigenvalue weighted by Crippen LogP contribution is 2.17. The predicted molar refractivity (Wildman–Crippen MR) is 75.1 cm³/mol. The summed E-state index contributed by atoms with van der Waals surface area (Å²) < 4.78 is 4.90. The second-order valence-electron chi connectivity index (χ2n) is 4.12. The molecule has 0 fully saturated rings. The first-order valence-corrected chi connectivity index (χ1v) is 6.55. The Morgan fingerprint density at radius 2 is 2.22 bits per heavy atom. The Labute approximate surface area is 117 Å². The van der Waals surface area contributed by atoms with Crippen LogP contribution >= 0.6 is 22.6 Å². The first kappa shape index (κ1) is 11.6. The molecular formula is C11H11IN6. The quantitative estimate of drug-likeness (QED) is 0.655. The molecule has 0 aliphatic rings. The Hall–Kier alpha value is -1.51. The first-order valence-electron chi connectivity index (χ1n) is 5.47. The van der Waals surface area contributed by atoms with Gasteiger partial charge in [-0.3, -0.25) is 4.68 Å². The Morgan fingerprint density at radius 1 is 1.39 bits per heavy atom. The van der Waals surface area contributed by atoms with Crippen molar-refractivity contribution in [3.05, 3.63) is 33.5 Å². The van der Waals surface area contributed by atoms with Crippen LogP contribution in [0.3, 0.4) is 0 Å². The fourth-order valence-electron chi connectivity index (χ4n) is 1.92. The summed E-state index contributed by atoms with van der Waals surface area (Å²) in [5, 5.41) is 8.04. The summed E-state index contributed by atoms with van der Waals surface area (Å²) in [5.41, 5.74) is 2.72. The molecule has 0 atom stereocenters. The van der Waals surface area contributed by atoms with Crippen molar-refractivity contribution in [1.82, 2.24) is 29.5 Å². The van der Waals surface area contributed by atoms with Crippen molar-refractivity contribution >= 4 is 33.8 Å². The van der Waals surface area contributed by atoms with Crippen LogP contribution in [-0.2, 0) is 13.6 Å². The van der Waals surface area contributed by atoms with Gasteiger partial charge in [0.05, 0.1) is 12.1 Å². The molecule has 92 valence electrons. The van der Waals surface area contributed by atoms with E-state index in [1.165, 1.54) is 0 Å². The molecule has 3 heterocycles. The summed E-state index contributed by atoms with van der Waals surface area (Å²) >= 11 is 2.25. The van der Waals surface area contributed by atoms with Crippen molar-refractivity contribution in [2.75, 3.05) is 0 Å². The highest BCUT2D eigenvalue weighted by atomic mass is 127. The van der Waals surface area contributed by atoms with Gasteiger partial charge in [0.15, 0.2) is 5.65 Å². The van der Waals surface area contributed by atoms with Gasteiger partial charge in [-0.1, -0.05) is 5.21 Å². The maximum Gasteiger partial charge on any atom is 0.177 e. The van der Waals surface area contributed by atoms with E-state index in [4.69, 9.17) is 0 Å². The number of nitrogens with zero attached hydrogens (tertiary/aromatic N) is 6. The van der Waals surface area contributed by atoms with Crippen LogP contribution in [0.15, 0.2) is 18.5 Å². The highest BCUT2D eigenvalue weighted by Gasteiger charge is 2.10. The van der Waals surface area contributed by atoms with E-state index in [-0.39, 0.29) is 0 Å². The van der Waals surface area contributed by atoms with Gasteiger partial charge in [-0.25, -0.2) is 9.97 Å². The fourth-order valence-corrected chi connectivity index (χ4v) is 2.36. The van der Waals surface area contributed by atoms with Gasteiger partial charge in [-0.05, 0) is 35.6 Å². The van der Waals surface area contributed by atoms with Crippen molar-refractivity contribution < 1.29 is 0 Å². The van der Waals surface area contributed by atoms with E-state index >= 15 is 0 Å². The number of halogens is 1. The van der Waals surface area contributed by atoms with Gasteiger partial charge in [0.1, 0.15) is 11.5 Å². The molecule has 0 aliphatic heterocycles. The maximum absolute atomic E-state index is 4.45. The first-order chi connectivity index (χ1) is 8.63. The standard InChI is InChI=1S/C11H11IN6/c1-7-14-11-10(3-8(12)4-13-11)18(7)6-9-5-17(2)16-15-9/h3-5H,6H2,1-2H3. The SMILES string of the molecule is Cc1nc2ncc(I)cc2n1Cc1cn(C)nn1. The third kappa shape index (κ3) is 1.98. The van der Waals surface area contributed by atoms with E-state index in [0.717, 1.165) is 26.3 Å². The molecule has 0 saturated heterocycles. The lowest BCUT2D eigenvalue weighted by Gasteiger charge is -2.03. The molecule has 3 rings (SSSR count). The maximum atomic E-state index is 4.45. The summed E-state index contributed by atoms with van der Waals surface area (Å²) in [6.45, 7) is 2.64. The normalized spacial score (nSPS) is 11.3. The van der Waals surface area contributed by atoms with Crippen LogP contribution in [0.4, 0.5) is 0 Å². The van der Waals surface area contributed by atoms with Gasteiger partial charge >= 0.3 is 0 Å². The van der Waals surface area contributed by atoms with E-state index in [2.05, 4.69) is 53.5 Å². The Bertz CT molecular complexity index is 713. The number of imidazole rings is 1. The molecule has 0 amide bonds. The molecule has 0 bridgehead atoms. The van der Waals surface area contributed by atoms with Crippen molar-refractivity contribution in [2.24, 2.45) is 7.05 Å². The van der Waals surface area contributed by atoms with Gasteiger partial charge in [0.2, 0.25) is 0 Å². The number of fused-ring (bicyclic) bond motifs is 1. The average molecular weight is 354 g/mol. The number of pyridine rings is 1. The third-order valence-corrected chi connectivity index (χ3v) is 3.32. The molecule has 0 aromatic carbocycles. The minimum atomic E-state index is 0.665. The van der Waals surface area contributed by atoms with E-state index in [1.54, 1.807) is 4.68 Å². The third-order valence-electron chi connectivity index (χ3n) is 2.73. The zero-order chi connectivity index (χ0) is 12.7. The predicted octanol–water partition coefficient (Wildman–Crippen LogP) is 1.52. The molecule has 7 heteroatoms. The zero-order valence-electron chi connectivity index (χ0n) is 10.0. The van der Waals surface area contributed by atoms with Gasteiger partial charge in [-0.15, -0.1) is 5.10 Å². The van der Waals surface area contributed by atoms with Crippen LogP contribution in [0.1, 0.15) is 11.5 Å². The van der Waals surface area contributed by atoms with Crippen molar-refractivity contribution in [2.45, 2.75) is 13.5 Å². The second-order valence-corrected chi connectivity index (χ2v) is 5.37. The number of hydrogen-bond donors (Lipinski definition) is 0. The van der Waals surface area contributed by atoms with Crippen LogP contribution in [0.5, 0.6) is 0 Å². The summed E-state index contributed by atoms with van der Waals surface area (Å²) in [6.07, 6.45) is 3.73. The van der Waals surface area contributed by atoms with E-state index in [1.807, 2.05) is 26.4 Å². The Morgan fingerprint density at radius 3 is 2.94 bits per heavy atom. The molecule has 0 saturated carbocycles. The molecular weight excluding hydrogens is 343 g/mol. The molecule has 0 aliphatic carbocycles. The highest BCUT2D eigenvalue weighted by molar-refractivity contribution is 14.1. The number of aromatic nitrogens is 6. The minimum absolute atomic E-state index is 0.665. The molecule has 3 aromatic rings. The van der Waals surface area contributed by atoms with Crippen LogP contribution in [0.25, 0.3) is 11.2 Å². The number of aryl methyl sites for hydroxylation is 2. The van der Waals surface area contributed by atoms with Crippen LogP contribution in [0.2, 0.25) is 0 Å². The monoisotopic (exact) mass is 354 g/mol. The summed E-state index contributed by atoms with van der Waals surface area (Å²) in [7, 11) is 1.86. The number of hydrogen-bond acceptors (Lipinski definition) is 4. The van der Waals surface area contributed by atoms with E-state index < -0.39 is 0 Å². The van der Waals surface area contributed by atoms with Crippen molar-refractivity contribution in [1.29, 1.82) is 0 Å². The minimum Gasteiger partial charge on any atom is -0.321 e. The molecule has 6 nitrogen and oxygen atoms in total.